The zero-order valence-corrected chi connectivity index (χ0v) is 14.6. The van der Waals surface area contributed by atoms with Crippen molar-refractivity contribution in [3.63, 3.8) is 0 Å². The smallest absolute Gasteiger partial charge is 0.341 e. The average Bonchev–Trinajstić information content (AvgIpc) is 2.96. The third-order valence-electron chi connectivity index (χ3n) is 4.19. The summed E-state index contributed by atoms with van der Waals surface area (Å²) in [5.74, 6) is -1.72. The molecule has 0 fully saturated rings. The highest BCUT2D eigenvalue weighted by molar-refractivity contribution is 6.11. The minimum atomic E-state index is -1.05. The second-order valence-corrected chi connectivity index (χ2v) is 5.93. The molecule has 0 bridgehead atoms. The zero-order valence-electron chi connectivity index (χ0n) is 14.6. The maximum atomic E-state index is 14.0. The molecule has 6 heteroatoms. The van der Waals surface area contributed by atoms with Gasteiger partial charge in [0.05, 0.1) is 12.7 Å². The maximum Gasteiger partial charge on any atom is 0.341 e. The van der Waals surface area contributed by atoms with Crippen molar-refractivity contribution in [3.05, 3.63) is 65.1 Å². The van der Waals surface area contributed by atoms with Crippen LogP contribution in [-0.4, -0.2) is 30.0 Å². The van der Waals surface area contributed by atoms with Crippen molar-refractivity contribution in [2.75, 3.05) is 7.11 Å². The standard InChI is InChI=1S/C20H18FNO4/c1-11-18(15-6-4-5-7-17(15)22-11)19(23)12(2)26-20(24)14-9-8-13(25-3)10-16(14)21/h4-10,12,22H,1-3H3/t12-/m0/s1. The molecule has 3 rings (SSSR count). The van der Waals surface area contributed by atoms with Gasteiger partial charge in [-0.15, -0.1) is 0 Å². The normalized spacial score (nSPS) is 12.0. The Bertz CT molecular complexity index is 993. The van der Waals surface area contributed by atoms with Gasteiger partial charge in [-0.2, -0.15) is 0 Å². The first-order valence-electron chi connectivity index (χ1n) is 8.08. The molecule has 3 aromatic rings. The molecule has 1 atom stereocenters. The summed E-state index contributed by atoms with van der Waals surface area (Å²) in [7, 11) is 1.40. The molecule has 0 radical (unpaired) electrons. The van der Waals surface area contributed by atoms with Crippen LogP contribution < -0.4 is 4.74 Å². The van der Waals surface area contributed by atoms with E-state index in [9.17, 15) is 14.0 Å². The number of aromatic amines is 1. The van der Waals surface area contributed by atoms with E-state index in [2.05, 4.69) is 4.98 Å². The third kappa shape index (κ3) is 3.18. The van der Waals surface area contributed by atoms with Crippen LogP contribution in [0, 0.1) is 12.7 Å². The average molecular weight is 355 g/mol. The van der Waals surface area contributed by atoms with Crippen LogP contribution in [0.4, 0.5) is 4.39 Å². The monoisotopic (exact) mass is 355 g/mol. The number of aryl methyl sites for hydroxylation is 1. The Hall–Kier alpha value is -3.15. The summed E-state index contributed by atoms with van der Waals surface area (Å²) in [6.45, 7) is 3.26. The highest BCUT2D eigenvalue weighted by Gasteiger charge is 2.26. The number of rotatable bonds is 5. The van der Waals surface area contributed by atoms with Crippen molar-refractivity contribution in [3.8, 4) is 5.75 Å². The fourth-order valence-corrected chi connectivity index (χ4v) is 2.86. The summed E-state index contributed by atoms with van der Waals surface area (Å²) in [5.41, 5.74) is 1.74. The predicted molar refractivity (Wildman–Crippen MR) is 95.2 cm³/mol. The first kappa shape index (κ1) is 17.7. The van der Waals surface area contributed by atoms with Crippen LogP contribution in [0.3, 0.4) is 0 Å². The molecule has 1 aromatic heterocycles. The molecule has 0 saturated carbocycles. The van der Waals surface area contributed by atoms with Gasteiger partial charge < -0.3 is 14.5 Å². The largest absolute Gasteiger partial charge is 0.497 e. The lowest BCUT2D eigenvalue weighted by Gasteiger charge is -2.13. The molecule has 1 N–H and O–H groups in total. The van der Waals surface area contributed by atoms with Crippen molar-refractivity contribution in [2.24, 2.45) is 0 Å². The Morgan fingerprint density at radius 2 is 1.88 bits per heavy atom. The quantitative estimate of drug-likeness (QED) is 0.554. The Morgan fingerprint density at radius 1 is 1.15 bits per heavy atom. The lowest BCUT2D eigenvalue weighted by atomic mass is 10.0. The molecule has 1 heterocycles. The summed E-state index contributed by atoms with van der Waals surface area (Å²) >= 11 is 0. The molecular formula is C20H18FNO4. The van der Waals surface area contributed by atoms with Gasteiger partial charge in [-0.3, -0.25) is 4.79 Å². The highest BCUT2D eigenvalue weighted by atomic mass is 19.1. The molecule has 0 spiro atoms. The number of methoxy groups -OCH3 is 1. The SMILES string of the molecule is COc1ccc(C(=O)O[C@@H](C)C(=O)c2c(C)[nH]c3ccccc23)c(F)c1. The molecule has 0 amide bonds. The van der Waals surface area contributed by atoms with Crippen LogP contribution in [0.2, 0.25) is 0 Å². The van der Waals surface area contributed by atoms with Gasteiger partial charge in [-0.05, 0) is 32.0 Å². The number of para-hydroxylation sites is 1. The fourth-order valence-electron chi connectivity index (χ4n) is 2.86. The third-order valence-corrected chi connectivity index (χ3v) is 4.19. The van der Waals surface area contributed by atoms with E-state index in [1.807, 2.05) is 24.3 Å². The van der Waals surface area contributed by atoms with Gasteiger partial charge in [0.25, 0.3) is 0 Å². The van der Waals surface area contributed by atoms with E-state index in [4.69, 9.17) is 9.47 Å². The number of halogens is 1. The number of fused-ring (bicyclic) bond motifs is 1. The Balaban J connectivity index is 1.83. The van der Waals surface area contributed by atoms with Crippen LogP contribution >= 0.6 is 0 Å². The molecule has 0 aliphatic heterocycles. The van der Waals surface area contributed by atoms with E-state index in [0.29, 0.717) is 11.3 Å². The predicted octanol–water partition coefficient (Wildman–Crippen LogP) is 4.05. The van der Waals surface area contributed by atoms with E-state index >= 15 is 0 Å². The number of H-pyrrole nitrogens is 1. The molecule has 5 nitrogen and oxygen atoms in total. The summed E-state index contributed by atoms with van der Waals surface area (Å²) < 4.78 is 24.1. The lowest BCUT2D eigenvalue weighted by molar-refractivity contribution is 0.0314. The lowest BCUT2D eigenvalue weighted by Crippen LogP contribution is -2.25. The van der Waals surface area contributed by atoms with E-state index in [1.54, 1.807) is 6.92 Å². The number of carbonyl (C=O) groups excluding carboxylic acids is 2. The highest BCUT2D eigenvalue weighted by Crippen LogP contribution is 2.24. The van der Waals surface area contributed by atoms with Crippen LogP contribution in [0.15, 0.2) is 42.5 Å². The van der Waals surface area contributed by atoms with Gasteiger partial charge in [-0.25, -0.2) is 9.18 Å². The van der Waals surface area contributed by atoms with E-state index in [-0.39, 0.29) is 17.1 Å². The van der Waals surface area contributed by atoms with Gasteiger partial charge in [0.15, 0.2) is 6.10 Å². The summed E-state index contributed by atoms with van der Waals surface area (Å²) in [6, 6.07) is 11.2. The van der Waals surface area contributed by atoms with Crippen molar-refractivity contribution in [1.29, 1.82) is 0 Å². The molecule has 0 unspecified atom stereocenters. The van der Waals surface area contributed by atoms with Crippen molar-refractivity contribution in [1.82, 2.24) is 4.98 Å². The molecular weight excluding hydrogens is 337 g/mol. The van der Waals surface area contributed by atoms with E-state index in [0.717, 1.165) is 17.0 Å². The number of hydrogen-bond acceptors (Lipinski definition) is 4. The number of aromatic nitrogens is 1. The van der Waals surface area contributed by atoms with Crippen molar-refractivity contribution >= 4 is 22.7 Å². The van der Waals surface area contributed by atoms with Gasteiger partial charge in [0.2, 0.25) is 5.78 Å². The number of esters is 1. The van der Waals surface area contributed by atoms with Crippen LogP contribution in [0.1, 0.15) is 33.3 Å². The first-order chi connectivity index (χ1) is 12.4. The molecule has 134 valence electrons. The van der Waals surface area contributed by atoms with Crippen LogP contribution in [-0.2, 0) is 4.74 Å². The second-order valence-electron chi connectivity index (χ2n) is 5.93. The van der Waals surface area contributed by atoms with Crippen LogP contribution in [0.25, 0.3) is 10.9 Å². The van der Waals surface area contributed by atoms with Gasteiger partial charge in [-0.1, -0.05) is 18.2 Å². The van der Waals surface area contributed by atoms with Gasteiger partial charge >= 0.3 is 5.97 Å². The molecule has 0 saturated heterocycles. The van der Waals surface area contributed by atoms with Gasteiger partial charge in [0, 0.05) is 28.2 Å². The maximum absolute atomic E-state index is 14.0. The fraction of sp³-hybridized carbons (Fsp3) is 0.200. The topological polar surface area (TPSA) is 68.4 Å². The molecule has 26 heavy (non-hydrogen) atoms. The number of carbonyl (C=O) groups is 2. The van der Waals surface area contributed by atoms with Crippen LogP contribution in [0.5, 0.6) is 5.75 Å². The van der Waals surface area contributed by atoms with Crippen molar-refractivity contribution in [2.45, 2.75) is 20.0 Å². The molecule has 0 aliphatic carbocycles. The summed E-state index contributed by atoms with van der Waals surface area (Å²) in [5, 5.41) is 0.758. The summed E-state index contributed by atoms with van der Waals surface area (Å²) in [4.78, 5) is 28.2. The number of benzene rings is 2. The van der Waals surface area contributed by atoms with Crippen molar-refractivity contribution < 1.29 is 23.5 Å². The number of ether oxygens (including phenoxy) is 2. The Labute approximate surface area is 149 Å². The molecule has 0 aliphatic rings. The van der Waals surface area contributed by atoms with Gasteiger partial charge in [0.1, 0.15) is 11.6 Å². The Kier molecular flexibility index (Phi) is 4.75. The minimum absolute atomic E-state index is 0.249. The van der Waals surface area contributed by atoms with E-state index in [1.165, 1.54) is 26.2 Å². The number of Topliss-reactive ketones (excluding diaryl/α,β-unsaturated/α-hetero) is 1. The Morgan fingerprint density at radius 3 is 2.58 bits per heavy atom. The second kappa shape index (κ2) is 7.00. The first-order valence-corrected chi connectivity index (χ1v) is 8.08. The number of nitrogens with one attached hydrogen (secondary N) is 1. The van der Waals surface area contributed by atoms with E-state index < -0.39 is 17.9 Å². The number of ketones is 1. The summed E-state index contributed by atoms with van der Waals surface area (Å²) in [6.07, 6.45) is -1.05. The minimum Gasteiger partial charge on any atom is -0.497 e. The number of hydrogen-bond donors (Lipinski definition) is 1. The molecule has 2 aromatic carbocycles. The zero-order chi connectivity index (χ0) is 18.8.